The second-order valence-electron chi connectivity index (χ2n) is 3.28. The van der Waals surface area contributed by atoms with Gasteiger partial charge in [-0.05, 0) is 25.5 Å². The fourth-order valence-corrected chi connectivity index (χ4v) is 1.29. The van der Waals surface area contributed by atoms with E-state index in [2.05, 4.69) is 5.32 Å². The van der Waals surface area contributed by atoms with Crippen molar-refractivity contribution in [2.45, 2.75) is 13.3 Å². The minimum Gasteiger partial charge on any atom is -0.507 e. The molecule has 1 aromatic carbocycles. The molecule has 0 heterocycles. The third-order valence-electron chi connectivity index (χ3n) is 2.08. The Morgan fingerprint density at radius 2 is 2.00 bits per heavy atom. The van der Waals surface area contributed by atoms with Crippen LogP contribution >= 0.6 is 0 Å². The highest BCUT2D eigenvalue weighted by Crippen LogP contribution is 2.25. The van der Waals surface area contributed by atoms with Gasteiger partial charge in [0.25, 0.3) is 5.91 Å². The molecular weight excluding hydrogens is 206 g/mol. The molecule has 3 N–H and O–H groups in total. The van der Waals surface area contributed by atoms with Crippen molar-refractivity contribution in [1.82, 2.24) is 5.32 Å². The van der Waals surface area contributed by atoms with Crippen molar-refractivity contribution in [1.29, 1.82) is 0 Å². The third-order valence-corrected chi connectivity index (χ3v) is 2.08. The fourth-order valence-electron chi connectivity index (χ4n) is 1.29. The Labute approximate surface area is 94.2 Å². The largest absolute Gasteiger partial charge is 0.507 e. The predicted molar refractivity (Wildman–Crippen MR) is 61.5 cm³/mol. The molecule has 0 aliphatic rings. The quantitative estimate of drug-likeness (QED) is 0.536. The second kappa shape index (κ2) is 5.80. The minimum absolute atomic E-state index is 0.0806. The molecule has 0 bridgehead atoms. The molecule has 0 aromatic heterocycles. The maximum absolute atomic E-state index is 11.6. The van der Waals surface area contributed by atoms with E-state index in [9.17, 15) is 15.0 Å². The van der Waals surface area contributed by atoms with Gasteiger partial charge in [-0.25, -0.2) is 0 Å². The van der Waals surface area contributed by atoms with Crippen LogP contribution in [0.4, 0.5) is 0 Å². The first-order valence-electron chi connectivity index (χ1n) is 5.07. The van der Waals surface area contributed by atoms with E-state index in [1.165, 1.54) is 18.2 Å². The number of hydrogen-bond donors (Lipinski definition) is 3. The molecule has 0 aliphatic carbocycles. The van der Waals surface area contributed by atoms with Gasteiger partial charge >= 0.3 is 0 Å². The lowest BCUT2D eigenvalue weighted by molar-refractivity contribution is 0.0949. The van der Waals surface area contributed by atoms with Crippen molar-refractivity contribution < 1.29 is 15.0 Å². The number of benzene rings is 1. The van der Waals surface area contributed by atoms with Crippen LogP contribution in [0.15, 0.2) is 30.4 Å². The molecule has 0 fully saturated rings. The summed E-state index contributed by atoms with van der Waals surface area (Å²) >= 11 is 0. The number of amides is 1. The molecule has 0 unspecified atom stereocenters. The molecule has 1 rings (SSSR count). The Hall–Kier alpha value is -1.97. The summed E-state index contributed by atoms with van der Waals surface area (Å²) in [6, 6.07) is 4.20. The highest BCUT2D eigenvalue weighted by molar-refractivity contribution is 5.99. The number of carbonyl (C=O) groups is 1. The average molecular weight is 221 g/mol. The number of phenols is 2. The molecule has 1 aromatic rings. The molecule has 16 heavy (non-hydrogen) atoms. The number of rotatable bonds is 4. The third kappa shape index (κ3) is 3.02. The lowest BCUT2D eigenvalue weighted by Gasteiger charge is -2.07. The second-order valence-corrected chi connectivity index (χ2v) is 3.28. The molecule has 86 valence electrons. The van der Waals surface area contributed by atoms with E-state index in [4.69, 9.17) is 0 Å². The van der Waals surface area contributed by atoms with E-state index < -0.39 is 5.91 Å². The van der Waals surface area contributed by atoms with Gasteiger partial charge in [0.05, 0.1) is 0 Å². The van der Waals surface area contributed by atoms with Crippen LogP contribution in [0.2, 0.25) is 0 Å². The lowest BCUT2D eigenvalue weighted by Crippen LogP contribution is -2.24. The summed E-state index contributed by atoms with van der Waals surface area (Å²) in [5, 5.41) is 21.5. The molecule has 0 spiro atoms. The first-order valence-corrected chi connectivity index (χ1v) is 5.07. The van der Waals surface area contributed by atoms with E-state index in [-0.39, 0.29) is 17.1 Å². The van der Waals surface area contributed by atoms with Gasteiger partial charge in [-0.1, -0.05) is 18.2 Å². The topological polar surface area (TPSA) is 69.6 Å². The summed E-state index contributed by atoms with van der Waals surface area (Å²) in [7, 11) is 0. The van der Waals surface area contributed by atoms with Crippen LogP contribution in [0.3, 0.4) is 0 Å². The normalized spacial score (nSPS) is 10.6. The van der Waals surface area contributed by atoms with Gasteiger partial charge in [-0.3, -0.25) is 4.79 Å². The summed E-state index contributed by atoms with van der Waals surface area (Å²) in [6.07, 6.45) is 4.53. The van der Waals surface area contributed by atoms with Gasteiger partial charge in [0.2, 0.25) is 0 Å². The van der Waals surface area contributed by atoms with Gasteiger partial charge in [-0.2, -0.15) is 0 Å². The Balaban J connectivity index is 2.66. The highest BCUT2D eigenvalue weighted by atomic mass is 16.3. The Kier molecular flexibility index (Phi) is 4.39. The van der Waals surface area contributed by atoms with Crippen molar-refractivity contribution in [3.63, 3.8) is 0 Å². The zero-order valence-corrected chi connectivity index (χ0v) is 9.10. The minimum atomic E-state index is -0.472. The van der Waals surface area contributed by atoms with E-state index in [1.807, 2.05) is 19.1 Å². The maximum atomic E-state index is 11.6. The first kappa shape index (κ1) is 12.1. The lowest BCUT2D eigenvalue weighted by atomic mass is 10.1. The van der Waals surface area contributed by atoms with Crippen molar-refractivity contribution in [3.8, 4) is 11.5 Å². The number of nitrogens with one attached hydrogen (secondary N) is 1. The molecule has 4 nitrogen and oxygen atoms in total. The van der Waals surface area contributed by atoms with Gasteiger partial charge < -0.3 is 15.5 Å². The number of allylic oxidation sites excluding steroid dienone is 1. The zero-order valence-electron chi connectivity index (χ0n) is 9.10. The van der Waals surface area contributed by atoms with Crippen molar-refractivity contribution in [2.24, 2.45) is 0 Å². The van der Waals surface area contributed by atoms with Gasteiger partial charge in [0.1, 0.15) is 17.1 Å². The number of carbonyl (C=O) groups excluding carboxylic acids is 1. The highest BCUT2D eigenvalue weighted by Gasteiger charge is 2.14. The maximum Gasteiger partial charge on any atom is 0.258 e. The molecule has 0 saturated heterocycles. The number of phenolic OH excluding ortho intramolecular Hbond substituents is 2. The Morgan fingerprint density at radius 1 is 1.38 bits per heavy atom. The molecule has 0 saturated carbocycles. The van der Waals surface area contributed by atoms with Crippen LogP contribution in [-0.4, -0.2) is 22.7 Å². The zero-order chi connectivity index (χ0) is 12.0. The molecule has 0 radical (unpaired) electrons. The molecule has 1 amide bonds. The van der Waals surface area contributed by atoms with Crippen molar-refractivity contribution in [2.75, 3.05) is 6.54 Å². The number of hydrogen-bond acceptors (Lipinski definition) is 3. The van der Waals surface area contributed by atoms with Crippen LogP contribution in [0.5, 0.6) is 11.5 Å². The summed E-state index contributed by atoms with van der Waals surface area (Å²) in [5.41, 5.74) is -0.0806. The Bertz CT molecular complexity index is 379. The van der Waals surface area contributed by atoms with E-state index in [0.29, 0.717) is 6.54 Å². The van der Waals surface area contributed by atoms with Crippen LogP contribution in [0.25, 0.3) is 0 Å². The molecule has 0 aliphatic heterocycles. The average Bonchev–Trinajstić information content (AvgIpc) is 2.24. The van der Waals surface area contributed by atoms with Crippen LogP contribution in [0, 0.1) is 0 Å². The molecular formula is C12H15NO3. The van der Waals surface area contributed by atoms with Crippen molar-refractivity contribution >= 4 is 5.91 Å². The van der Waals surface area contributed by atoms with Gasteiger partial charge in [0, 0.05) is 6.54 Å². The van der Waals surface area contributed by atoms with E-state index in [0.717, 1.165) is 6.42 Å². The number of aromatic hydroxyl groups is 2. The van der Waals surface area contributed by atoms with E-state index >= 15 is 0 Å². The summed E-state index contributed by atoms with van der Waals surface area (Å²) in [6.45, 7) is 2.37. The standard InChI is InChI=1S/C12H15NO3/c1-2-3-4-8-13-12(16)11-9(14)6-5-7-10(11)15/h2-3,5-7,14-15H,4,8H2,1H3,(H,13,16)/b3-2+. The van der Waals surface area contributed by atoms with Crippen LogP contribution < -0.4 is 5.32 Å². The van der Waals surface area contributed by atoms with Crippen molar-refractivity contribution in [3.05, 3.63) is 35.9 Å². The molecule has 0 atom stereocenters. The molecule has 4 heteroatoms. The predicted octanol–water partition coefficient (Wildman–Crippen LogP) is 1.79. The van der Waals surface area contributed by atoms with Gasteiger partial charge in [-0.15, -0.1) is 0 Å². The van der Waals surface area contributed by atoms with Crippen LogP contribution in [0.1, 0.15) is 23.7 Å². The smallest absolute Gasteiger partial charge is 0.258 e. The summed E-state index contributed by atoms with van der Waals surface area (Å²) < 4.78 is 0. The summed E-state index contributed by atoms with van der Waals surface area (Å²) in [5.74, 6) is -0.910. The fraction of sp³-hybridized carbons (Fsp3) is 0.250. The van der Waals surface area contributed by atoms with Crippen LogP contribution in [-0.2, 0) is 0 Å². The Morgan fingerprint density at radius 3 is 2.56 bits per heavy atom. The first-order chi connectivity index (χ1) is 7.66. The van der Waals surface area contributed by atoms with Gasteiger partial charge in [0.15, 0.2) is 0 Å². The van der Waals surface area contributed by atoms with E-state index in [1.54, 1.807) is 0 Å². The SMILES string of the molecule is C/C=C/CCNC(=O)c1c(O)cccc1O. The summed E-state index contributed by atoms with van der Waals surface area (Å²) in [4.78, 5) is 11.6. The monoisotopic (exact) mass is 221 g/mol.